The minimum atomic E-state index is -3.46. The highest BCUT2D eigenvalue weighted by Crippen LogP contribution is 2.26. The molecule has 1 aliphatic rings. The van der Waals surface area contributed by atoms with Crippen molar-refractivity contribution in [3.05, 3.63) is 23.8 Å². The van der Waals surface area contributed by atoms with Gasteiger partial charge < -0.3 is 10.5 Å². The fourth-order valence-corrected chi connectivity index (χ4v) is 4.35. The average molecular weight is 298 g/mol. The van der Waals surface area contributed by atoms with Crippen molar-refractivity contribution >= 4 is 15.7 Å². The number of hydrogen-bond donors (Lipinski definition) is 1. The number of nitrogens with zero attached hydrogens (tertiary/aromatic N) is 1. The first-order valence-electron chi connectivity index (χ1n) is 6.90. The average Bonchev–Trinajstić information content (AvgIpc) is 2.47. The van der Waals surface area contributed by atoms with Crippen molar-refractivity contribution in [3.63, 3.8) is 0 Å². The van der Waals surface area contributed by atoms with Crippen LogP contribution in [0.4, 0.5) is 5.69 Å². The molecule has 0 radical (unpaired) electrons. The van der Waals surface area contributed by atoms with E-state index in [1.807, 2.05) is 6.92 Å². The first kappa shape index (κ1) is 15.3. The second-order valence-corrected chi connectivity index (χ2v) is 6.97. The second-order valence-electron chi connectivity index (χ2n) is 5.06. The van der Waals surface area contributed by atoms with Crippen LogP contribution < -0.4 is 5.73 Å². The molecule has 1 saturated heterocycles. The van der Waals surface area contributed by atoms with Crippen molar-refractivity contribution in [3.8, 4) is 0 Å². The Morgan fingerprint density at radius 1 is 1.35 bits per heavy atom. The number of ether oxygens (including phenoxy) is 1. The molecule has 1 aromatic rings. The Hall–Kier alpha value is -1.11. The van der Waals surface area contributed by atoms with Gasteiger partial charge in [0.05, 0.1) is 11.0 Å². The molecule has 0 saturated carbocycles. The third-order valence-corrected chi connectivity index (χ3v) is 5.81. The highest BCUT2D eigenvalue weighted by Gasteiger charge is 2.30. The fraction of sp³-hybridized carbons (Fsp3) is 0.571. The first-order chi connectivity index (χ1) is 9.48. The van der Waals surface area contributed by atoms with E-state index in [1.54, 1.807) is 25.3 Å². The molecular formula is C14H22N2O3S. The molecule has 1 aliphatic heterocycles. The highest BCUT2D eigenvalue weighted by atomic mass is 32.2. The van der Waals surface area contributed by atoms with E-state index >= 15 is 0 Å². The molecular weight excluding hydrogens is 276 g/mol. The second kappa shape index (κ2) is 6.11. The third kappa shape index (κ3) is 2.97. The standard InChI is InChI=1S/C14H22N2O3S/c1-3-11-4-5-12(15)10-14(11)20(17,18)16-8-6-13(19-2)7-9-16/h4-5,10,13H,3,6-9,15H2,1-2H3. The van der Waals surface area contributed by atoms with Crippen molar-refractivity contribution in [2.24, 2.45) is 0 Å². The topological polar surface area (TPSA) is 72.6 Å². The zero-order valence-electron chi connectivity index (χ0n) is 12.0. The Morgan fingerprint density at radius 2 is 2.00 bits per heavy atom. The maximum absolute atomic E-state index is 12.7. The lowest BCUT2D eigenvalue weighted by molar-refractivity contribution is 0.0604. The maximum Gasteiger partial charge on any atom is 0.243 e. The summed E-state index contributed by atoms with van der Waals surface area (Å²) >= 11 is 0. The van der Waals surface area contributed by atoms with E-state index in [1.165, 1.54) is 4.31 Å². The minimum absolute atomic E-state index is 0.160. The number of nitrogens with two attached hydrogens (primary N) is 1. The van der Waals surface area contributed by atoms with Crippen molar-refractivity contribution in [2.75, 3.05) is 25.9 Å². The number of rotatable bonds is 4. The minimum Gasteiger partial charge on any atom is -0.399 e. The molecule has 0 amide bonds. The quantitative estimate of drug-likeness (QED) is 0.858. The molecule has 0 atom stereocenters. The maximum atomic E-state index is 12.7. The lowest BCUT2D eigenvalue weighted by Gasteiger charge is -2.31. The summed E-state index contributed by atoms with van der Waals surface area (Å²) < 4.78 is 32.3. The number of nitrogen functional groups attached to an aromatic ring is 1. The zero-order valence-corrected chi connectivity index (χ0v) is 12.8. The van der Waals surface area contributed by atoms with Crippen molar-refractivity contribution in [1.29, 1.82) is 0 Å². The Balaban J connectivity index is 2.29. The van der Waals surface area contributed by atoms with Crippen LogP contribution in [-0.2, 0) is 21.2 Å². The summed E-state index contributed by atoms with van der Waals surface area (Å²) in [6.07, 6.45) is 2.30. The van der Waals surface area contributed by atoms with E-state index in [-0.39, 0.29) is 6.10 Å². The van der Waals surface area contributed by atoms with E-state index in [2.05, 4.69) is 0 Å². The molecule has 0 aromatic heterocycles. The van der Waals surface area contributed by atoms with Crippen LogP contribution in [0.5, 0.6) is 0 Å². The van der Waals surface area contributed by atoms with Crippen molar-refractivity contribution in [2.45, 2.75) is 37.2 Å². The number of aryl methyl sites for hydroxylation is 1. The number of methoxy groups -OCH3 is 1. The van der Waals surface area contributed by atoms with Crippen LogP contribution in [0.3, 0.4) is 0 Å². The van der Waals surface area contributed by atoms with E-state index in [0.29, 0.717) is 30.1 Å². The summed E-state index contributed by atoms with van der Waals surface area (Å²) in [6, 6.07) is 5.11. The van der Waals surface area contributed by atoms with Gasteiger partial charge in [-0.05, 0) is 37.0 Å². The van der Waals surface area contributed by atoms with Crippen LogP contribution in [0.15, 0.2) is 23.1 Å². The predicted molar refractivity (Wildman–Crippen MR) is 79.0 cm³/mol. The molecule has 5 nitrogen and oxygen atoms in total. The molecule has 20 heavy (non-hydrogen) atoms. The summed E-state index contributed by atoms with van der Waals surface area (Å²) in [5, 5.41) is 0. The lowest BCUT2D eigenvalue weighted by Crippen LogP contribution is -2.40. The molecule has 1 heterocycles. The van der Waals surface area contributed by atoms with E-state index in [4.69, 9.17) is 10.5 Å². The fourth-order valence-electron chi connectivity index (χ4n) is 2.55. The van der Waals surface area contributed by atoms with E-state index in [9.17, 15) is 8.42 Å². The SMILES string of the molecule is CCc1ccc(N)cc1S(=O)(=O)N1CCC(OC)CC1. The van der Waals surface area contributed by atoms with Gasteiger partial charge in [0.25, 0.3) is 0 Å². The molecule has 2 N–H and O–H groups in total. The van der Waals surface area contributed by atoms with Gasteiger partial charge in [-0.15, -0.1) is 0 Å². The number of benzene rings is 1. The molecule has 6 heteroatoms. The van der Waals surface area contributed by atoms with Gasteiger partial charge in [0, 0.05) is 25.9 Å². The number of piperidine rings is 1. The van der Waals surface area contributed by atoms with Crippen LogP contribution in [0.2, 0.25) is 0 Å². The molecule has 112 valence electrons. The zero-order chi connectivity index (χ0) is 14.8. The van der Waals surface area contributed by atoms with Crippen LogP contribution in [0.1, 0.15) is 25.3 Å². The molecule has 2 rings (SSSR count). The van der Waals surface area contributed by atoms with Gasteiger partial charge >= 0.3 is 0 Å². The lowest BCUT2D eigenvalue weighted by atomic mass is 10.1. The molecule has 0 spiro atoms. The smallest absolute Gasteiger partial charge is 0.243 e. The van der Waals surface area contributed by atoms with Gasteiger partial charge in [-0.2, -0.15) is 4.31 Å². The summed E-state index contributed by atoms with van der Waals surface area (Å²) in [5.74, 6) is 0. The van der Waals surface area contributed by atoms with Gasteiger partial charge in [-0.25, -0.2) is 8.42 Å². The normalized spacial score (nSPS) is 18.3. The van der Waals surface area contributed by atoms with Crippen LogP contribution >= 0.6 is 0 Å². The molecule has 0 unspecified atom stereocenters. The van der Waals surface area contributed by atoms with Gasteiger partial charge in [0.1, 0.15) is 0 Å². The number of anilines is 1. The number of sulfonamides is 1. The van der Waals surface area contributed by atoms with Gasteiger partial charge in [0.15, 0.2) is 0 Å². The van der Waals surface area contributed by atoms with Crippen molar-refractivity contribution in [1.82, 2.24) is 4.31 Å². The van der Waals surface area contributed by atoms with Crippen LogP contribution in [0.25, 0.3) is 0 Å². The predicted octanol–water partition coefficient (Wildman–Crippen LogP) is 1.63. The molecule has 1 aromatic carbocycles. The van der Waals surface area contributed by atoms with Gasteiger partial charge in [0.2, 0.25) is 10.0 Å². The van der Waals surface area contributed by atoms with Crippen LogP contribution in [0, 0.1) is 0 Å². The first-order valence-corrected chi connectivity index (χ1v) is 8.34. The van der Waals surface area contributed by atoms with Gasteiger partial charge in [-0.3, -0.25) is 0 Å². The highest BCUT2D eigenvalue weighted by molar-refractivity contribution is 7.89. The van der Waals surface area contributed by atoms with E-state index < -0.39 is 10.0 Å². The number of hydrogen-bond acceptors (Lipinski definition) is 4. The largest absolute Gasteiger partial charge is 0.399 e. The summed E-state index contributed by atoms with van der Waals surface area (Å²) in [5.41, 5.74) is 7.04. The molecule has 0 bridgehead atoms. The van der Waals surface area contributed by atoms with Crippen molar-refractivity contribution < 1.29 is 13.2 Å². The Kier molecular flexibility index (Phi) is 4.67. The summed E-state index contributed by atoms with van der Waals surface area (Å²) in [4.78, 5) is 0.343. The Morgan fingerprint density at radius 3 is 2.55 bits per heavy atom. The Bertz CT molecular complexity index is 564. The molecule has 1 fully saturated rings. The monoisotopic (exact) mass is 298 g/mol. The Labute approximate surface area is 120 Å². The third-order valence-electron chi connectivity index (χ3n) is 3.82. The van der Waals surface area contributed by atoms with E-state index in [0.717, 1.165) is 18.4 Å². The summed E-state index contributed by atoms with van der Waals surface area (Å²) in [7, 11) is -1.79. The summed E-state index contributed by atoms with van der Waals surface area (Å²) in [6.45, 7) is 2.94. The van der Waals surface area contributed by atoms with Gasteiger partial charge in [-0.1, -0.05) is 13.0 Å². The molecule has 0 aliphatic carbocycles. The van der Waals surface area contributed by atoms with Crippen LogP contribution in [-0.4, -0.2) is 39.0 Å².